The number of hydrazine groups is 1. The molecule has 0 spiro atoms. The predicted molar refractivity (Wildman–Crippen MR) is 112 cm³/mol. The second-order valence-corrected chi connectivity index (χ2v) is 6.79. The number of aromatic nitrogens is 2. The number of nitrogens with zero attached hydrogens (tertiary/aromatic N) is 4. The minimum absolute atomic E-state index is 0.0120. The Morgan fingerprint density at radius 3 is 2.71 bits per heavy atom. The van der Waals surface area contributed by atoms with E-state index in [1.165, 1.54) is 6.07 Å². The number of aliphatic imine (C=N–C) groups is 1. The molecule has 0 unspecified atom stereocenters. The van der Waals surface area contributed by atoms with Gasteiger partial charge in [0, 0.05) is 11.9 Å². The highest BCUT2D eigenvalue weighted by Gasteiger charge is 2.19. The smallest absolute Gasteiger partial charge is 0.252 e. The summed E-state index contributed by atoms with van der Waals surface area (Å²) < 4.78 is 19.6. The van der Waals surface area contributed by atoms with Crippen molar-refractivity contribution in [3.05, 3.63) is 58.7 Å². The van der Waals surface area contributed by atoms with Crippen LogP contribution in [0.15, 0.2) is 45.9 Å². The van der Waals surface area contributed by atoms with E-state index >= 15 is 0 Å². The zero-order valence-corrected chi connectivity index (χ0v) is 17.1. The third kappa shape index (κ3) is 5.55. The monoisotopic (exact) mass is 441 g/mol. The highest BCUT2D eigenvalue weighted by atomic mass is 35.5. The molecule has 0 aliphatic heterocycles. The summed E-state index contributed by atoms with van der Waals surface area (Å²) >= 11 is 6.06. The van der Waals surface area contributed by atoms with Crippen LogP contribution in [0.2, 0.25) is 5.02 Å². The van der Waals surface area contributed by atoms with Gasteiger partial charge >= 0.3 is 0 Å². The van der Waals surface area contributed by atoms with Crippen molar-refractivity contribution in [3.8, 4) is 28.6 Å². The van der Waals surface area contributed by atoms with Crippen LogP contribution in [-0.4, -0.2) is 22.0 Å². The number of nitriles is 1. The van der Waals surface area contributed by atoms with E-state index in [1.54, 1.807) is 43.3 Å². The van der Waals surface area contributed by atoms with Gasteiger partial charge in [-0.3, -0.25) is 15.6 Å². The molecule has 4 N–H and O–H groups in total. The fourth-order valence-electron chi connectivity index (χ4n) is 2.68. The Balaban J connectivity index is 1.79. The van der Waals surface area contributed by atoms with Crippen molar-refractivity contribution in [1.29, 1.82) is 5.26 Å². The molecule has 0 aliphatic carbocycles. The number of hydrogen-bond acceptors (Lipinski definition) is 6. The lowest BCUT2D eigenvalue weighted by atomic mass is 9.97. The molecule has 3 rings (SSSR count). The molecule has 0 saturated heterocycles. The van der Waals surface area contributed by atoms with Crippen LogP contribution in [-0.2, 0) is 11.3 Å². The van der Waals surface area contributed by atoms with Crippen molar-refractivity contribution in [2.24, 2.45) is 10.7 Å². The molecule has 9 nitrogen and oxygen atoms in total. The van der Waals surface area contributed by atoms with E-state index in [0.29, 0.717) is 17.0 Å². The summed E-state index contributed by atoms with van der Waals surface area (Å²) in [7, 11) is 0. The van der Waals surface area contributed by atoms with Gasteiger partial charge in [-0.1, -0.05) is 41.0 Å². The highest BCUT2D eigenvalue weighted by molar-refractivity contribution is 6.31. The van der Waals surface area contributed by atoms with Crippen LogP contribution < -0.4 is 16.6 Å². The SMILES string of the molecule is Cc1nc(-c2c(F)cc(Cl)cc2-c2ccc(CN=C(N)NNC(=O)CC#N)cc2)no1. The first kappa shape index (κ1) is 21.7. The molecule has 158 valence electrons. The summed E-state index contributed by atoms with van der Waals surface area (Å²) in [4.78, 5) is 19.4. The minimum Gasteiger partial charge on any atom is -0.369 e. The second-order valence-electron chi connectivity index (χ2n) is 6.35. The molecular weight excluding hydrogens is 425 g/mol. The molecule has 0 radical (unpaired) electrons. The second kappa shape index (κ2) is 9.69. The van der Waals surface area contributed by atoms with Gasteiger partial charge in [-0.05, 0) is 28.8 Å². The van der Waals surface area contributed by atoms with E-state index < -0.39 is 11.7 Å². The van der Waals surface area contributed by atoms with E-state index in [-0.39, 0.29) is 35.3 Å². The zero-order chi connectivity index (χ0) is 22.4. The number of rotatable bonds is 5. The molecule has 0 bridgehead atoms. The largest absolute Gasteiger partial charge is 0.369 e. The average Bonchev–Trinajstić information content (AvgIpc) is 3.16. The van der Waals surface area contributed by atoms with Gasteiger partial charge in [0.1, 0.15) is 12.2 Å². The molecule has 11 heteroatoms. The first-order valence-corrected chi connectivity index (χ1v) is 9.36. The average molecular weight is 442 g/mol. The van der Waals surface area contributed by atoms with E-state index in [0.717, 1.165) is 5.56 Å². The molecule has 3 aromatic rings. The van der Waals surface area contributed by atoms with E-state index in [9.17, 15) is 9.18 Å². The Hall–Kier alpha value is -3.97. The van der Waals surface area contributed by atoms with Crippen LogP contribution in [0.25, 0.3) is 22.5 Å². The number of halogens is 2. The maximum absolute atomic E-state index is 14.7. The lowest BCUT2D eigenvalue weighted by Crippen LogP contribution is -2.45. The van der Waals surface area contributed by atoms with Gasteiger partial charge in [-0.15, -0.1) is 0 Å². The topological polar surface area (TPSA) is 142 Å². The van der Waals surface area contributed by atoms with Gasteiger partial charge in [0.2, 0.25) is 17.7 Å². The van der Waals surface area contributed by atoms with E-state index in [4.69, 9.17) is 27.1 Å². The van der Waals surface area contributed by atoms with Crippen LogP contribution in [0, 0.1) is 24.1 Å². The number of nitrogens with two attached hydrogens (primary N) is 1. The number of amides is 1. The van der Waals surface area contributed by atoms with Crippen molar-refractivity contribution < 1.29 is 13.7 Å². The van der Waals surface area contributed by atoms with Crippen molar-refractivity contribution in [1.82, 2.24) is 21.0 Å². The summed E-state index contributed by atoms with van der Waals surface area (Å²) in [5, 5.41) is 12.5. The number of benzene rings is 2. The number of guanidine groups is 1. The van der Waals surface area contributed by atoms with Crippen molar-refractivity contribution in [2.45, 2.75) is 19.9 Å². The lowest BCUT2D eigenvalue weighted by Gasteiger charge is -2.10. The molecule has 0 aliphatic rings. The molecule has 1 heterocycles. The third-order valence-electron chi connectivity index (χ3n) is 4.07. The van der Waals surface area contributed by atoms with Gasteiger partial charge in [-0.2, -0.15) is 10.2 Å². The summed E-state index contributed by atoms with van der Waals surface area (Å²) in [6, 6.07) is 11.7. The van der Waals surface area contributed by atoms with Crippen LogP contribution in [0.1, 0.15) is 17.9 Å². The Kier molecular flexibility index (Phi) is 6.79. The number of carbonyl (C=O) groups excluding carboxylic acids is 1. The van der Waals surface area contributed by atoms with E-state index in [1.807, 2.05) is 0 Å². The maximum atomic E-state index is 14.7. The van der Waals surface area contributed by atoms with E-state index in [2.05, 4.69) is 26.0 Å². The molecule has 31 heavy (non-hydrogen) atoms. The normalized spacial score (nSPS) is 11.1. The maximum Gasteiger partial charge on any atom is 0.252 e. The Morgan fingerprint density at radius 1 is 1.32 bits per heavy atom. The lowest BCUT2D eigenvalue weighted by molar-refractivity contribution is -0.120. The Morgan fingerprint density at radius 2 is 2.06 bits per heavy atom. The fourth-order valence-corrected chi connectivity index (χ4v) is 2.89. The van der Waals surface area contributed by atoms with Gasteiger partial charge in [0.05, 0.1) is 18.2 Å². The summed E-state index contributed by atoms with van der Waals surface area (Å²) in [5.41, 5.74) is 12.5. The molecule has 2 aromatic carbocycles. The van der Waals surface area contributed by atoms with Gasteiger partial charge in [0.15, 0.2) is 0 Å². The van der Waals surface area contributed by atoms with Crippen LogP contribution in [0.5, 0.6) is 0 Å². The third-order valence-corrected chi connectivity index (χ3v) is 4.29. The number of nitrogens with one attached hydrogen (secondary N) is 2. The molecule has 1 aromatic heterocycles. The first-order chi connectivity index (χ1) is 14.9. The highest BCUT2D eigenvalue weighted by Crippen LogP contribution is 2.35. The minimum atomic E-state index is -0.561. The standard InChI is InChI=1S/C20H17ClFN7O2/c1-11-26-19(29-31-11)18-15(8-14(21)9-16(18)22)13-4-2-12(3-5-13)10-25-20(24)28-27-17(30)6-7-23/h2-5,8-9H,6,10H2,1H3,(H,27,30)(H3,24,25,28). The van der Waals surface area contributed by atoms with Crippen LogP contribution in [0.3, 0.4) is 0 Å². The van der Waals surface area contributed by atoms with Crippen molar-refractivity contribution in [2.75, 3.05) is 0 Å². The molecule has 0 saturated carbocycles. The van der Waals surface area contributed by atoms with Gasteiger partial charge in [0.25, 0.3) is 5.91 Å². The molecule has 0 fully saturated rings. The summed E-state index contributed by atoms with van der Waals surface area (Å²) in [6.45, 7) is 1.85. The van der Waals surface area contributed by atoms with Crippen LogP contribution in [0.4, 0.5) is 4.39 Å². The fraction of sp³-hybridized carbons (Fsp3) is 0.150. The first-order valence-electron chi connectivity index (χ1n) is 8.98. The summed E-state index contributed by atoms with van der Waals surface area (Å²) in [6.07, 6.45) is -0.294. The van der Waals surface area contributed by atoms with Crippen molar-refractivity contribution >= 4 is 23.5 Å². The Bertz CT molecular complexity index is 1170. The van der Waals surface area contributed by atoms with Crippen LogP contribution >= 0.6 is 11.6 Å². The summed E-state index contributed by atoms with van der Waals surface area (Å²) in [5.74, 6) is -0.645. The van der Waals surface area contributed by atoms with Gasteiger partial charge in [-0.25, -0.2) is 9.38 Å². The van der Waals surface area contributed by atoms with Gasteiger partial charge < -0.3 is 10.3 Å². The predicted octanol–water partition coefficient (Wildman–Crippen LogP) is 2.85. The number of carbonyl (C=O) groups is 1. The Labute approximate surface area is 181 Å². The number of aryl methyl sites for hydroxylation is 1. The zero-order valence-electron chi connectivity index (χ0n) is 16.3. The number of hydrogen-bond donors (Lipinski definition) is 3. The molecule has 0 atom stereocenters. The molecular formula is C20H17ClFN7O2. The quantitative estimate of drug-likeness (QED) is 0.314. The van der Waals surface area contributed by atoms with Crippen molar-refractivity contribution in [3.63, 3.8) is 0 Å². The molecule has 1 amide bonds.